The van der Waals surface area contributed by atoms with Gasteiger partial charge < -0.3 is 0 Å². The van der Waals surface area contributed by atoms with Crippen molar-refractivity contribution in [1.29, 1.82) is 0 Å². The summed E-state index contributed by atoms with van der Waals surface area (Å²) in [6, 6.07) is 0. The Balaban J connectivity index is 2.71. The van der Waals surface area contributed by atoms with Gasteiger partial charge in [-0.25, -0.2) is 8.78 Å². The second-order valence-corrected chi connectivity index (χ2v) is 3.72. The van der Waals surface area contributed by atoms with Crippen molar-refractivity contribution in [1.82, 2.24) is 15.2 Å². The molecule has 0 radical (unpaired) electrons. The van der Waals surface area contributed by atoms with Gasteiger partial charge in [-0.2, -0.15) is 4.98 Å². The van der Waals surface area contributed by atoms with Crippen molar-refractivity contribution in [3.63, 3.8) is 0 Å². The van der Waals surface area contributed by atoms with Crippen LogP contribution in [0.5, 0.6) is 0 Å². The van der Waals surface area contributed by atoms with Crippen LogP contribution >= 0.6 is 0 Å². The van der Waals surface area contributed by atoms with E-state index in [1.165, 1.54) is 0 Å². The summed E-state index contributed by atoms with van der Waals surface area (Å²) in [5.41, 5.74) is -1.76. The van der Waals surface area contributed by atoms with Crippen LogP contribution in [0.4, 0.5) is 14.7 Å². The zero-order valence-electron chi connectivity index (χ0n) is 8.64. The standard InChI is InChI=1S/C8H12F2N4O/c1-4-11-7(14-13-4)12-6(15)8(2,3)5(9)10/h5H,1-3H3,(H2,11,12,13,14,15). The van der Waals surface area contributed by atoms with Crippen LogP contribution in [0.15, 0.2) is 0 Å². The molecule has 0 atom stereocenters. The van der Waals surface area contributed by atoms with Gasteiger partial charge in [-0.05, 0) is 20.8 Å². The molecule has 1 aromatic rings. The topological polar surface area (TPSA) is 70.7 Å². The number of aromatic nitrogens is 3. The van der Waals surface area contributed by atoms with Crippen LogP contribution in [0.2, 0.25) is 0 Å². The molecular formula is C8H12F2N4O. The first-order valence-electron chi connectivity index (χ1n) is 4.32. The molecule has 5 nitrogen and oxygen atoms in total. The van der Waals surface area contributed by atoms with Gasteiger partial charge in [-0.3, -0.25) is 15.2 Å². The van der Waals surface area contributed by atoms with Gasteiger partial charge in [0, 0.05) is 0 Å². The maximum Gasteiger partial charge on any atom is 0.252 e. The SMILES string of the molecule is Cc1nc(NC(=O)C(C)(C)C(F)F)n[nH]1. The Kier molecular flexibility index (Phi) is 3.01. The van der Waals surface area contributed by atoms with Crippen molar-refractivity contribution in [2.24, 2.45) is 5.41 Å². The van der Waals surface area contributed by atoms with Crippen LogP contribution in [-0.4, -0.2) is 27.5 Å². The number of nitrogens with zero attached hydrogens (tertiary/aromatic N) is 2. The molecule has 1 heterocycles. The van der Waals surface area contributed by atoms with E-state index in [0.29, 0.717) is 5.82 Å². The first-order valence-corrected chi connectivity index (χ1v) is 4.32. The van der Waals surface area contributed by atoms with Crippen molar-refractivity contribution in [3.8, 4) is 0 Å². The number of hydrogen-bond donors (Lipinski definition) is 2. The van der Waals surface area contributed by atoms with Crippen molar-refractivity contribution < 1.29 is 13.6 Å². The number of rotatable bonds is 3. The summed E-state index contributed by atoms with van der Waals surface area (Å²) >= 11 is 0. The number of aromatic amines is 1. The number of H-pyrrole nitrogens is 1. The van der Waals surface area contributed by atoms with Crippen LogP contribution in [0.25, 0.3) is 0 Å². The fourth-order valence-electron chi connectivity index (χ4n) is 0.760. The minimum atomic E-state index is -2.74. The van der Waals surface area contributed by atoms with Crippen LogP contribution < -0.4 is 5.32 Å². The molecule has 0 spiro atoms. The molecule has 0 saturated heterocycles. The highest BCUT2D eigenvalue weighted by Crippen LogP contribution is 2.25. The van der Waals surface area contributed by atoms with Crippen molar-refractivity contribution in [2.45, 2.75) is 27.2 Å². The highest BCUT2D eigenvalue weighted by atomic mass is 19.3. The Morgan fingerprint density at radius 1 is 1.53 bits per heavy atom. The molecule has 2 N–H and O–H groups in total. The molecule has 1 aromatic heterocycles. The zero-order valence-corrected chi connectivity index (χ0v) is 8.64. The predicted octanol–water partition coefficient (Wildman–Crippen LogP) is 1.34. The molecule has 0 saturated carbocycles. The van der Waals surface area contributed by atoms with E-state index in [2.05, 4.69) is 20.5 Å². The highest BCUT2D eigenvalue weighted by Gasteiger charge is 2.38. The van der Waals surface area contributed by atoms with E-state index < -0.39 is 17.7 Å². The van der Waals surface area contributed by atoms with Gasteiger partial charge in [-0.15, -0.1) is 5.10 Å². The number of anilines is 1. The van der Waals surface area contributed by atoms with Crippen molar-refractivity contribution >= 4 is 11.9 Å². The quantitative estimate of drug-likeness (QED) is 0.804. The molecule has 0 fully saturated rings. The van der Waals surface area contributed by atoms with E-state index in [1.54, 1.807) is 6.92 Å². The van der Waals surface area contributed by atoms with Crippen molar-refractivity contribution in [2.75, 3.05) is 5.32 Å². The molecule has 0 unspecified atom stereocenters. The van der Waals surface area contributed by atoms with Crippen LogP contribution in [0.1, 0.15) is 19.7 Å². The maximum atomic E-state index is 12.5. The van der Waals surface area contributed by atoms with Crippen molar-refractivity contribution in [3.05, 3.63) is 5.82 Å². The van der Waals surface area contributed by atoms with Gasteiger partial charge in [-0.1, -0.05) is 0 Å². The minimum Gasteiger partial charge on any atom is -0.293 e. The van der Waals surface area contributed by atoms with Gasteiger partial charge in [0.25, 0.3) is 6.43 Å². The monoisotopic (exact) mass is 218 g/mol. The normalized spacial score (nSPS) is 11.9. The zero-order chi connectivity index (χ0) is 11.6. The maximum absolute atomic E-state index is 12.5. The van der Waals surface area contributed by atoms with Gasteiger partial charge in [0.2, 0.25) is 11.9 Å². The van der Waals surface area contributed by atoms with Gasteiger partial charge in [0.15, 0.2) is 0 Å². The van der Waals surface area contributed by atoms with E-state index >= 15 is 0 Å². The molecule has 0 aromatic carbocycles. The summed E-state index contributed by atoms with van der Waals surface area (Å²) in [6.07, 6.45) is -2.74. The van der Waals surface area contributed by atoms with E-state index in [0.717, 1.165) is 13.8 Å². The molecule has 0 aliphatic heterocycles. The number of carbonyl (C=O) groups excluding carboxylic acids is 1. The molecule has 1 amide bonds. The Bertz CT molecular complexity index is 361. The lowest BCUT2D eigenvalue weighted by Crippen LogP contribution is -2.37. The first kappa shape index (κ1) is 11.5. The third-order valence-corrected chi connectivity index (χ3v) is 1.95. The number of aryl methyl sites for hydroxylation is 1. The number of amides is 1. The lowest BCUT2D eigenvalue weighted by Gasteiger charge is -2.20. The van der Waals surface area contributed by atoms with Gasteiger partial charge >= 0.3 is 0 Å². The number of nitrogens with one attached hydrogen (secondary N) is 2. The summed E-state index contributed by atoms with van der Waals surface area (Å²) in [4.78, 5) is 15.2. The molecule has 0 bridgehead atoms. The van der Waals surface area contributed by atoms with Gasteiger partial charge in [0.1, 0.15) is 11.2 Å². The number of carbonyl (C=O) groups is 1. The molecular weight excluding hydrogens is 206 g/mol. The third kappa shape index (κ3) is 2.48. The second kappa shape index (κ2) is 3.92. The molecule has 0 aliphatic rings. The van der Waals surface area contributed by atoms with E-state index in [4.69, 9.17) is 0 Å². The Hall–Kier alpha value is -1.53. The highest BCUT2D eigenvalue weighted by molar-refractivity contribution is 5.93. The van der Waals surface area contributed by atoms with Crippen LogP contribution in [0.3, 0.4) is 0 Å². The number of halogens is 2. The Labute approximate surface area is 85.3 Å². The summed E-state index contributed by atoms with van der Waals surface area (Å²) in [5.74, 6) is -0.303. The average molecular weight is 218 g/mol. The summed E-state index contributed by atoms with van der Waals surface area (Å²) in [6.45, 7) is 3.96. The molecule has 84 valence electrons. The third-order valence-electron chi connectivity index (χ3n) is 1.95. The molecule has 0 aliphatic carbocycles. The second-order valence-electron chi connectivity index (χ2n) is 3.72. The van der Waals surface area contributed by atoms with E-state index in [-0.39, 0.29) is 5.95 Å². The minimum absolute atomic E-state index is 0.00576. The largest absolute Gasteiger partial charge is 0.293 e. The van der Waals surface area contributed by atoms with E-state index in [9.17, 15) is 13.6 Å². The Morgan fingerprint density at radius 2 is 2.13 bits per heavy atom. The lowest BCUT2D eigenvalue weighted by molar-refractivity contribution is -0.131. The summed E-state index contributed by atoms with van der Waals surface area (Å²) in [7, 11) is 0. The molecule has 7 heteroatoms. The first-order chi connectivity index (χ1) is 6.84. The van der Waals surface area contributed by atoms with Gasteiger partial charge in [0.05, 0.1) is 0 Å². The summed E-state index contributed by atoms with van der Waals surface area (Å²) < 4.78 is 24.9. The van der Waals surface area contributed by atoms with E-state index in [1.807, 2.05) is 0 Å². The fourth-order valence-corrected chi connectivity index (χ4v) is 0.760. The molecule has 15 heavy (non-hydrogen) atoms. The predicted molar refractivity (Wildman–Crippen MR) is 49.5 cm³/mol. The Morgan fingerprint density at radius 3 is 2.53 bits per heavy atom. The number of alkyl halides is 2. The molecule has 1 rings (SSSR count). The van der Waals surface area contributed by atoms with Crippen LogP contribution in [-0.2, 0) is 4.79 Å². The van der Waals surface area contributed by atoms with Crippen LogP contribution in [0, 0.1) is 12.3 Å². The fraction of sp³-hybridized carbons (Fsp3) is 0.625. The average Bonchev–Trinajstić information content (AvgIpc) is 2.50. The lowest BCUT2D eigenvalue weighted by atomic mass is 9.93. The smallest absolute Gasteiger partial charge is 0.252 e. The summed E-state index contributed by atoms with van der Waals surface area (Å²) in [5, 5.41) is 8.32. The number of hydrogen-bond acceptors (Lipinski definition) is 3.